The summed E-state index contributed by atoms with van der Waals surface area (Å²) in [6.45, 7) is 2.41. The third-order valence-electron chi connectivity index (χ3n) is 4.35. The molecule has 4 heteroatoms. The summed E-state index contributed by atoms with van der Waals surface area (Å²) in [6.07, 6.45) is 30.0. The van der Waals surface area contributed by atoms with Gasteiger partial charge in [0.1, 0.15) is 0 Å². The van der Waals surface area contributed by atoms with Crippen LogP contribution in [0.4, 0.5) is 0 Å². The van der Waals surface area contributed by atoms with Gasteiger partial charge >= 0.3 is 0 Å². The second-order valence-electron chi connectivity index (χ2n) is 6.83. The fourth-order valence-corrected chi connectivity index (χ4v) is 2.74. The van der Waals surface area contributed by atoms with Crippen molar-refractivity contribution in [1.82, 2.24) is 5.32 Å². The molecule has 2 unspecified atom stereocenters. The maximum absolute atomic E-state index is 11.3. The van der Waals surface area contributed by atoms with Gasteiger partial charge in [-0.3, -0.25) is 4.79 Å². The number of rotatable bonds is 16. The quantitative estimate of drug-likeness (QED) is 0.132. The molecule has 0 bridgehead atoms. The van der Waals surface area contributed by atoms with Gasteiger partial charge in [0.25, 0.3) is 0 Å². The lowest BCUT2D eigenvalue weighted by Crippen LogP contribution is -2.24. The molecule has 28 heavy (non-hydrogen) atoms. The van der Waals surface area contributed by atoms with E-state index in [1.54, 1.807) is 6.08 Å². The summed E-state index contributed by atoms with van der Waals surface area (Å²) in [5.41, 5.74) is 0. The summed E-state index contributed by atoms with van der Waals surface area (Å²) in [7, 11) is 0. The number of carbonyl (C=O) groups excluding carboxylic acids is 1. The van der Waals surface area contributed by atoms with E-state index in [0.29, 0.717) is 18.8 Å². The van der Waals surface area contributed by atoms with E-state index in [1.165, 1.54) is 12.5 Å². The van der Waals surface area contributed by atoms with Crippen LogP contribution in [0.25, 0.3) is 0 Å². The number of nitrogens with one attached hydrogen (secondary N) is 1. The van der Waals surface area contributed by atoms with Gasteiger partial charge in [0.15, 0.2) is 0 Å². The molecule has 0 saturated carbocycles. The van der Waals surface area contributed by atoms with Crippen LogP contribution in [0.2, 0.25) is 0 Å². The monoisotopic (exact) mass is 387 g/mol. The Morgan fingerprint density at radius 2 is 1.71 bits per heavy atom. The molecule has 2 N–H and O–H groups in total. The standard InChI is InChI=1S/C24H37NO3/c1-2-3-4-5-6-7-8-11-14-17-22-23(28-22)18-15-12-9-10-13-16-19-24(27)25-20-21-26/h3-4,6-7,10-11,13-14,16,19,22-23,26H,2,5,8-9,12,15,17-18,20-21H2,1H3,(H,25,27)/b4-3-,7-6-,13-10-,14-11-,19-16+. The zero-order valence-corrected chi connectivity index (χ0v) is 17.3. The topological polar surface area (TPSA) is 61.9 Å². The molecule has 0 aliphatic carbocycles. The Labute approximate surface area is 170 Å². The van der Waals surface area contributed by atoms with E-state index in [-0.39, 0.29) is 12.5 Å². The van der Waals surface area contributed by atoms with Crippen LogP contribution >= 0.6 is 0 Å². The Balaban J connectivity index is 1.94. The van der Waals surface area contributed by atoms with E-state index in [0.717, 1.165) is 44.9 Å². The number of hydrogen-bond donors (Lipinski definition) is 2. The molecule has 1 aliphatic rings. The van der Waals surface area contributed by atoms with E-state index in [4.69, 9.17) is 9.84 Å². The Kier molecular flexibility index (Phi) is 14.8. The minimum Gasteiger partial charge on any atom is -0.395 e. The van der Waals surface area contributed by atoms with Gasteiger partial charge < -0.3 is 15.2 Å². The predicted octanol–water partition coefficient (Wildman–Crippen LogP) is 4.78. The number of epoxide rings is 1. The zero-order valence-electron chi connectivity index (χ0n) is 17.3. The number of amides is 1. The molecule has 2 atom stereocenters. The van der Waals surface area contributed by atoms with Crippen molar-refractivity contribution in [1.29, 1.82) is 0 Å². The van der Waals surface area contributed by atoms with Crippen molar-refractivity contribution < 1.29 is 14.6 Å². The van der Waals surface area contributed by atoms with Crippen LogP contribution < -0.4 is 5.32 Å². The molecule has 4 nitrogen and oxygen atoms in total. The summed E-state index contributed by atoms with van der Waals surface area (Å²) in [6, 6.07) is 0. The number of ether oxygens (including phenoxy) is 1. The average molecular weight is 388 g/mol. The SMILES string of the molecule is CC/C=C\C/C=C\C/C=C\CC1OC1CCCC/C=C\C=C\C(=O)NCCO. The van der Waals surface area contributed by atoms with Crippen LogP contribution in [-0.4, -0.2) is 36.4 Å². The normalized spacial score (nSPS) is 19.8. The second-order valence-corrected chi connectivity index (χ2v) is 6.83. The van der Waals surface area contributed by atoms with E-state index >= 15 is 0 Å². The molecule has 1 fully saturated rings. The third-order valence-corrected chi connectivity index (χ3v) is 4.35. The number of carbonyl (C=O) groups is 1. The fourth-order valence-electron chi connectivity index (χ4n) is 2.74. The number of aliphatic hydroxyl groups excluding tert-OH is 1. The average Bonchev–Trinajstić information content (AvgIpc) is 3.45. The van der Waals surface area contributed by atoms with Crippen molar-refractivity contribution in [3.63, 3.8) is 0 Å². The minimum atomic E-state index is -0.176. The summed E-state index contributed by atoms with van der Waals surface area (Å²) in [5, 5.41) is 11.2. The summed E-state index contributed by atoms with van der Waals surface area (Å²) in [5.74, 6) is -0.176. The van der Waals surface area contributed by atoms with Crippen molar-refractivity contribution in [3.8, 4) is 0 Å². The molecule has 0 radical (unpaired) electrons. The van der Waals surface area contributed by atoms with Crippen LogP contribution in [0.15, 0.2) is 60.8 Å². The lowest BCUT2D eigenvalue weighted by atomic mass is 10.1. The Morgan fingerprint density at radius 1 is 0.964 bits per heavy atom. The highest BCUT2D eigenvalue weighted by molar-refractivity contribution is 5.87. The molecule has 1 rings (SSSR count). The van der Waals surface area contributed by atoms with Gasteiger partial charge in [-0.1, -0.05) is 68.0 Å². The van der Waals surface area contributed by atoms with E-state index < -0.39 is 0 Å². The Morgan fingerprint density at radius 3 is 2.46 bits per heavy atom. The maximum Gasteiger partial charge on any atom is 0.244 e. The van der Waals surface area contributed by atoms with E-state index in [1.807, 2.05) is 6.08 Å². The van der Waals surface area contributed by atoms with Crippen molar-refractivity contribution in [2.45, 2.75) is 70.5 Å². The lowest BCUT2D eigenvalue weighted by molar-refractivity contribution is -0.116. The molecule has 0 aromatic rings. The summed E-state index contributed by atoms with van der Waals surface area (Å²) in [4.78, 5) is 11.3. The highest BCUT2D eigenvalue weighted by atomic mass is 16.6. The number of aliphatic hydroxyl groups is 1. The molecule has 0 spiro atoms. The van der Waals surface area contributed by atoms with Crippen LogP contribution in [0.5, 0.6) is 0 Å². The fraction of sp³-hybridized carbons (Fsp3) is 0.542. The summed E-state index contributed by atoms with van der Waals surface area (Å²) >= 11 is 0. The molecular weight excluding hydrogens is 350 g/mol. The molecule has 1 aliphatic heterocycles. The van der Waals surface area contributed by atoms with Crippen LogP contribution in [0, 0.1) is 0 Å². The van der Waals surface area contributed by atoms with Gasteiger partial charge in [-0.2, -0.15) is 0 Å². The first-order chi connectivity index (χ1) is 13.8. The summed E-state index contributed by atoms with van der Waals surface area (Å²) < 4.78 is 5.72. The van der Waals surface area contributed by atoms with Crippen molar-refractivity contribution in [3.05, 3.63) is 60.8 Å². The number of unbranched alkanes of at least 4 members (excludes halogenated alkanes) is 2. The first kappa shape index (κ1) is 24.1. The van der Waals surface area contributed by atoms with Crippen molar-refractivity contribution in [2.75, 3.05) is 13.2 Å². The highest BCUT2D eigenvalue weighted by Crippen LogP contribution is 2.30. The smallest absolute Gasteiger partial charge is 0.244 e. The van der Waals surface area contributed by atoms with Gasteiger partial charge in [0.05, 0.1) is 18.8 Å². The zero-order chi connectivity index (χ0) is 20.3. The highest BCUT2D eigenvalue weighted by Gasteiger charge is 2.36. The van der Waals surface area contributed by atoms with Gasteiger partial charge in [0, 0.05) is 12.6 Å². The van der Waals surface area contributed by atoms with Gasteiger partial charge in [0.2, 0.25) is 5.91 Å². The van der Waals surface area contributed by atoms with E-state index in [9.17, 15) is 4.79 Å². The van der Waals surface area contributed by atoms with Crippen molar-refractivity contribution >= 4 is 5.91 Å². The van der Waals surface area contributed by atoms with Crippen LogP contribution in [0.3, 0.4) is 0 Å². The number of allylic oxidation sites excluding steroid dienone is 8. The number of hydrogen-bond acceptors (Lipinski definition) is 3. The molecule has 1 amide bonds. The van der Waals surface area contributed by atoms with Crippen LogP contribution in [0.1, 0.15) is 58.3 Å². The first-order valence-electron chi connectivity index (χ1n) is 10.6. The minimum absolute atomic E-state index is 0.0359. The maximum atomic E-state index is 11.3. The van der Waals surface area contributed by atoms with Gasteiger partial charge in [-0.15, -0.1) is 0 Å². The van der Waals surface area contributed by atoms with Crippen LogP contribution in [-0.2, 0) is 9.53 Å². The van der Waals surface area contributed by atoms with Gasteiger partial charge in [-0.05, 0) is 44.9 Å². The van der Waals surface area contributed by atoms with Gasteiger partial charge in [-0.25, -0.2) is 0 Å². The molecule has 1 saturated heterocycles. The van der Waals surface area contributed by atoms with Crippen molar-refractivity contribution in [2.24, 2.45) is 0 Å². The lowest BCUT2D eigenvalue weighted by Gasteiger charge is -1.96. The molecule has 1 heterocycles. The predicted molar refractivity (Wildman–Crippen MR) is 117 cm³/mol. The Bertz CT molecular complexity index is 546. The van der Waals surface area contributed by atoms with E-state index in [2.05, 4.69) is 54.8 Å². The molecule has 0 aromatic carbocycles. The first-order valence-corrected chi connectivity index (χ1v) is 10.6. The molecule has 0 aromatic heterocycles. The largest absolute Gasteiger partial charge is 0.395 e. The molecular formula is C24H37NO3. The second kappa shape index (κ2) is 17.2. The Hall–Kier alpha value is -1.91. The molecule has 156 valence electrons. The third kappa shape index (κ3) is 14.2.